The zero-order valence-electron chi connectivity index (χ0n) is 13.2. The van der Waals surface area contributed by atoms with E-state index in [-0.39, 0.29) is 6.03 Å². The fourth-order valence-corrected chi connectivity index (χ4v) is 3.31. The molecule has 1 aromatic rings. The average Bonchev–Trinajstić information content (AvgIpc) is 3.10. The number of β-amino-alcohol motifs (C(OH)–C–C–N with tert-alkyl or cyclic N) is 1. The zero-order valence-corrected chi connectivity index (χ0v) is 13.2. The molecule has 126 valence electrons. The van der Waals surface area contributed by atoms with Crippen LogP contribution in [-0.4, -0.2) is 76.5 Å². The highest BCUT2D eigenvalue weighted by Crippen LogP contribution is 2.39. The van der Waals surface area contributed by atoms with Gasteiger partial charge in [0, 0.05) is 38.6 Å². The number of urea groups is 1. The minimum Gasteiger partial charge on any atom is -0.389 e. The van der Waals surface area contributed by atoms with Gasteiger partial charge in [-0.15, -0.1) is 0 Å². The second kappa shape index (κ2) is 5.99. The fourth-order valence-electron chi connectivity index (χ4n) is 3.31. The van der Waals surface area contributed by atoms with Crippen molar-refractivity contribution in [2.45, 2.75) is 37.7 Å². The molecule has 2 saturated heterocycles. The summed E-state index contributed by atoms with van der Waals surface area (Å²) in [6.07, 6.45) is 3.76. The predicted octanol–water partition coefficient (Wildman–Crippen LogP) is 0.646. The first-order chi connectivity index (χ1) is 11.2. The van der Waals surface area contributed by atoms with Crippen molar-refractivity contribution in [2.24, 2.45) is 0 Å². The Kier molecular flexibility index (Phi) is 3.84. The van der Waals surface area contributed by atoms with Crippen LogP contribution in [0.2, 0.25) is 0 Å². The molecule has 0 aromatic carbocycles. The summed E-state index contributed by atoms with van der Waals surface area (Å²) >= 11 is 0. The lowest BCUT2D eigenvalue weighted by Gasteiger charge is -2.27. The van der Waals surface area contributed by atoms with Crippen molar-refractivity contribution in [3.63, 3.8) is 0 Å². The van der Waals surface area contributed by atoms with Gasteiger partial charge in [0.25, 0.3) is 5.95 Å². The summed E-state index contributed by atoms with van der Waals surface area (Å²) in [5.74, 6) is 1.64. The van der Waals surface area contributed by atoms with Gasteiger partial charge in [0.2, 0.25) is 5.89 Å². The molecule has 1 atom stereocenters. The number of amides is 2. The second-order valence-electron chi connectivity index (χ2n) is 6.73. The summed E-state index contributed by atoms with van der Waals surface area (Å²) in [4.78, 5) is 22.5. The number of aliphatic hydroxyl groups excluding tert-OH is 1. The molecule has 4 rings (SSSR count). The van der Waals surface area contributed by atoms with Gasteiger partial charge in [-0.05, 0) is 30.8 Å². The van der Waals surface area contributed by atoms with Crippen molar-refractivity contribution in [2.75, 3.05) is 44.2 Å². The zero-order chi connectivity index (χ0) is 15.8. The predicted molar refractivity (Wildman–Crippen MR) is 82.3 cm³/mol. The molecule has 23 heavy (non-hydrogen) atoms. The lowest BCUT2D eigenvalue weighted by Crippen LogP contribution is -2.45. The van der Waals surface area contributed by atoms with Gasteiger partial charge in [0.05, 0.1) is 12.6 Å². The highest BCUT2D eigenvalue weighted by Gasteiger charge is 2.33. The molecule has 8 nitrogen and oxygen atoms in total. The monoisotopic (exact) mass is 321 g/mol. The Bertz CT molecular complexity index is 567. The molecular formula is C15H23N5O3. The largest absolute Gasteiger partial charge is 0.389 e. The Balaban J connectivity index is 1.42. The van der Waals surface area contributed by atoms with Crippen LogP contribution < -0.4 is 4.90 Å². The highest BCUT2D eigenvalue weighted by molar-refractivity contribution is 5.75. The first kappa shape index (κ1) is 14.7. The molecule has 8 heteroatoms. The molecular weight excluding hydrogens is 298 g/mol. The molecule has 1 aliphatic carbocycles. The van der Waals surface area contributed by atoms with E-state index in [1.54, 1.807) is 4.90 Å². The number of aromatic nitrogens is 2. The summed E-state index contributed by atoms with van der Waals surface area (Å²) < 4.78 is 5.30. The van der Waals surface area contributed by atoms with Gasteiger partial charge < -0.3 is 24.3 Å². The Morgan fingerprint density at radius 2 is 1.87 bits per heavy atom. The quantitative estimate of drug-likeness (QED) is 0.860. The van der Waals surface area contributed by atoms with Gasteiger partial charge in [0.15, 0.2) is 0 Å². The molecule has 1 unspecified atom stereocenters. The smallest absolute Gasteiger partial charge is 0.320 e. The van der Waals surface area contributed by atoms with E-state index < -0.39 is 6.10 Å². The number of hydrogen-bond donors (Lipinski definition) is 1. The van der Waals surface area contributed by atoms with Gasteiger partial charge in [-0.2, -0.15) is 4.98 Å². The number of aliphatic hydroxyl groups is 1. The molecule has 3 heterocycles. The minimum absolute atomic E-state index is 0.0372. The molecule has 1 N–H and O–H groups in total. The minimum atomic E-state index is -0.605. The molecule has 3 fully saturated rings. The Morgan fingerprint density at radius 3 is 2.61 bits per heavy atom. The first-order valence-electron chi connectivity index (χ1n) is 8.51. The van der Waals surface area contributed by atoms with E-state index in [2.05, 4.69) is 10.1 Å². The third-order valence-electron chi connectivity index (χ3n) is 4.79. The van der Waals surface area contributed by atoms with Crippen LogP contribution in [0.4, 0.5) is 10.7 Å². The number of carbonyl (C=O) groups excluding carboxylic acids is 1. The molecule has 0 spiro atoms. The number of hydrogen-bond acceptors (Lipinski definition) is 6. The SMILES string of the molecule is O=C(N1CCCC1)N1CCN(c2noc(C3CC3)n2)CC(O)C1. The third kappa shape index (κ3) is 3.12. The van der Waals surface area contributed by atoms with Gasteiger partial charge in [0.1, 0.15) is 0 Å². The number of rotatable bonds is 2. The second-order valence-corrected chi connectivity index (χ2v) is 6.73. The summed E-state index contributed by atoms with van der Waals surface area (Å²) in [6, 6.07) is 0.0372. The molecule has 2 aliphatic heterocycles. The topological polar surface area (TPSA) is 85.9 Å². The van der Waals surface area contributed by atoms with E-state index in [9.17, 15) is 9.90 Å². The Morgan fingerprint density at radius 1 is 1.09 bits per heavy atom. The van der Waals surface area contributed by atoms with Crippen LogP contribution in [-0.2, 0) is 0 Å². The number of nitrogens with zero attached hydrogens (tertiary/aromatic N) is 5. The number of likely N-dealkylation sites (tertiary alicyclic amines) is 1. The van der Waals surface area contributed by atoms with E-state index in [1.807, 2.05) is 9.80 Å². The maximum absolute atomic E-state index is 12.5. The molecule has 3 aliphatic rings. The Labute approximate surface area is 135 Å². The molecule has 2 amide bonds. The maximum atomic E-state index is 12.5. The van der Waals surface area contributed by atoms with Crippen LogP contribution in [0.5, 0.6) is 0 Å². The van der Waals surface area contributed by atoms with Crippen molar-refractivity contribution in [1.29, 1.82) is 0 Å². The number of anilines is 1. The average molecular weight is 321 g/mol. The van der Waals surface area contributed by atoms with Crippen LogP contribution in [0.25, 0.3) is 0 Å². The van der Waals surface area contributed by atoms with Crippen LogP contribution >= 0.6 is 0 Å². The van der Waals surface area contributed by atoms with Crippen molar-refractivity contribution in [3.05, 3.63) is 5.89 Å². The summed E-state index contributed by atoms with van der Waals surface area (Å²) in [6.45, 7) is 3.61. The van der Waals surface area contributed by atoms with Crippen LogP contribution in [0.3, 0.4) is 0 Å². The van der Waals surface area contributed by atoms with Gasteiger partial charge in [-0.1, -0.05) is 0 Å². The van der Waals surface area contributed by atoms with Crippen molar-refractivity contribution < 1.29 is 14.4 Å². The van der Waals surface area contributed by atoms with Gasteiger partial charge >= 0.3 is 6.03 Å². The van der Waals surface area contributed by atoms with Crippen molar-refractivity contribution in [3.8, 4) is 0 Å². The lowest BCUT2D eigenvalue weighted by molar-refractivity contribution is 0.121. The summed E-state index contributed by atoms with van der Waals surface area (Å²) in [5.41, 5.74) is 0. The van der Waals surface area contributed by atoms with E-state index >= 15 is 0 Å². The molecule has 0 bridgehead atoms. The maximum Gasteiger partial charge on any atom is 0.320 e. The standard InChI is InChI=1S/C15H23N5O3/c21-12-9-19(14-16-13(23-17-14)11-3-4-11)7-8-20(10-12)15(22)18-5-1-2-6-18/h11-12,21H,1-10H2. The van der Waals surface area contributed by atoms with E-state index in [0.717, 1.165) is 38.8 Å². The molecule has 1 saturated carbocycles. The summed E-state index contributed by atoms with van der Waals surface area (Å²) in [5, 5.41) is 14.3. The summed E-state index contributed by atoms with van der Waals surface area (Å²) in [7, 11) is 0. The van der Waals surface area contributed by atoms with E-state index in [4.69, 9.17) is 4.52 Å². The van der Waals surface area contributed by atoms with Crippen molar-refractivity contribution in [1.82, 2.24) is 19.9 Å². The normalized spacial score (nSPS) is 25.8. The molecule has 0 radical (unpaired) electrons. The highest BCUT2D eigenvalue weighted by atomic mass is 16.5. The van der Waals surface area contributed by atoms with Gasteiger partial charge in [-0.3, -0.25) is 0 Å². The van der Waals surface area contributed by atoms with Crippen LogP contribution in [0.1, 0.15) is 37.5 Å². The molecule has 1 aromatic heterocycles. The first-order valence-corrected chi connectivity index (χ1v) is 8.51. The van der Waals surface area contributed by atoms with E-state index in [0.29, 0.717) is 43.9 Å². The van der Waals surface area contributed by atoms with Crippen LogP contribution in [0.15, 0.2) is 4.52 Å². The van der Waals surface area contributed by atoms with Gasteiger partial charge in [-0.25, -0.2) is 4.79 Å². The Hall–Kier alpha value is -1.83. The third-order valence-corrected chi connectivity index (χ3v) is 4.79. The van der Waals surface area contributed by atoms with E-state index in [1.165, 1.54) is 0 Å². The fraction of sp³-hybridized carbons (Fsp3) is 0.800. The van der Waals surface area contributed by atoms with Crippen LogP contribution in [0, 0.1) is 0 Å². The van der Waals surface area contributed by atoms with Crippen molar-refractivity contribution >= 4 is 12.0 Å². The number of carbonyl (C=O) groups is 1. The lowest BCUT2D eigenvalue weighted by atomic mass is 10.3.